The van der Waals surface area contributed by atoms with Crippen LogP contribution in [0.2, 0.25) is 0 Å². The highest BCUT2D eigenvalue weighted by Gasteiger charge is 2.29. The fourth-order valence-electron chi connectivity index (χ4n) is 5.02. The second-order valence-corrected chi connectivity index (χ2v) is 14.1. The molecule has 0 bridgehead atoms. The number of likely N-dealkylation sites (tertiary alicyclic amines) is 1. The third kappa shape index (κ3) is 5.77. The van der Waals surface area contributed by atoms with Gasteiger partial charge in [0.05, 0.1) is 10.7 Å². The van der Waals surface area contributed by atoms with Crippen molar-refractivity contribution in [3.63, 3.8) is 0 Å². The van der Waals surface area contributed by atoms with E-state index in [0.29, 0.717) is 30.5 Å². The number of rotatable bonds is 4. The van der Waals surface area contributed by atoms with Crippen LogP contribution < -0.4 is 0 Å². The number of piperidine rings is 1. The number of hydrogen-bond donors (Lipinski definition) is 1. The number of pyridine rings is 1. The zero-order valence-electron chi connectivity index (χ0n) is 23.5. The number of carbonyl (C=O) groups is 1. The van der Waals surface area contributed by atoms with Crippen molar-refractivity contribution in [3.05, 3.63) is 69.2 Å². The van der Waals surface area contributed by atoms with Crippen LogP contribution in [0.25, 0.3) is 21.8 Å². The number of aromatic nitrogens is 3. The normalized spacial score (nSPS) is 15.1. The van der Waals surface area contributed by atoms with Gasteiger partial charge in [-0.25, -0.2) is 9.97 Å². The molecule has 0 spiro atoms. The van der Waals surface area contributed by atoms with Crippen molar-refractivity contribution in [2.75, 3.05) is 13.1 Å². The standard InChI is InChI=1S/C31H36N4O2S2/c1-30(2,3)22-15-21(16-23(26(22)36)31(4,5)6)24-17-38-28(33-24)20-9-13-35(14-10-20)29(37)25-18-39-27(34-25)19-7-11-32-12-8-19/h7-8,11-12,15-18,20,36H,9-10,13-14H2,1-6H3. The molecule has 4 heterocycles. The maximum absolute atomic E-state index is 13.2. The van der Waals surface area contributed by atoms with E-state index < -0.39 is 0 Å². The van der Waals surface area contributed by atoms with Crippen molar-refractivity contribution in [1.82, 2.24) is 19.9 Å². The van der Waals surface area contributed by atoms with Gasteiger partial charge in [0.15, 0.2) is 0 Å². The molecule has 1 N–H and O–H groups in total. The summed E-state index contributed by atoms with van der Waals surface area (Å²) in [5.41, 5.74) is 5.01. The van der Waals surface area contributed by atoms with Crippen LogP contribution in [0.3, 0.4) is 0 Å². The molecule has 0 unspecified atom stereocenters. The Morgan fingerprint density at radius 3 is 2.10 bits per heavy atom. The molecule has 0 saturated carbocycles. The number of benzene rings is 1. The number of phenols is 1. The minimum atomic E-state index is -0.186. The molecule has 8 heteroatoms. The van der Waals surface area contributed by atoms with Crippen LogP contribution in [-0.2, 0) is 10.8 Å². The molecule has 39 heavy (non-hydrogen) atoms. The molecule has 1 aliphatic rings. The number of nitrogens with zero attached hydrogens (tertiary/aromatic N) is 4. The van der Waals surface area contributed by atoms with Gasteiger partial charge in [-0.2, -0.15) is 0 Å². The highest BCUT2D eigenvalue weighted by Crippen LogP contribution is 2.42. The summed E-state index contributed by atoms with van der Waals surface area (Å²) in [5.74, 6) is 0.717. The first kappa shape index (κ1) is 27.5. The first-order valence-electron chi connectivity index (χ1n) is 13.4. The van der Waals surface area contributed by atoms with Crippen molar-refractivity contribution < 1.29 is 9.90 Å². The first-order valence-corrected chi connectivity index (χ1v) is 15.2. The largest absolute Gasteiger partial charge is 0.507 e. The van der Waals surface area contributed by atoms with E-state index in [9.17, 15) is 9.90 Å². The summed E-state index contributed by atoms with van der Waals surface area (Å²) in [6.07, 6.45) is 5.25. The van der Waals surface area contributed by atoms with Crippen molar-refractivity contribution in [2.45, 2.75) is 71.1 Å². The summed E-state index contributed by atoms with van der Waals surface area (Å²) >= 11 is 3.18. The van der Waals surface area contributed by atoms with Crippen LogP contribution in [-0.4, -0.2) is 44.0 Å². The van der Waals surface area contributed by atoms with E-state index in [1.54, 1.807) is 23.7 Å². The average Bonchev–Trinajstić information content (AvgIpc) is 3.59. The van der Waals surface area contributed by atoms with Crippen molar-refractivity contribution in [3.8, 4) is 27.6 Å². The summed E-state index contributed by atoms with van der Waals surface area (Å²) < 4.78 is 0. The van der Waals surface area contributed by atoms with Crippen LogP contribution in [0.5, 0.6) is 5.75 Å². The lowest BCUT2D eigenvalue weighted by atomic mass is 9.78. The Morgan fingerprint density at radius 2 is 1.51 bits per heavy atom. The van der Waals surface area contributed by atoms with Gasteiger partial charge in [0.25, 0.3) is 5.91 Å². The van der Waals surface area contributed by atoms with Crippen molar-refractivity contribution in [2.24, 2.45) is 0 Å². The first-order chi connectivity index (χ1) is 18.4. The smallest absolute Gasteiger partial charge is 0.273 e. The molecule has 5 rings (SSSR count). The molecule has 0 aliphatic carbocycles. The highest BCUT2D eigenvalue weighted by molar-refractivity contribution is 7.13. The van der Waals surface area contributed by atoms with E-state index in [2.05, 4.69) is 69.0 Å². The molecule has 0 radical (unpaired) electrons. The van der Waals surface area contributed by atoms with E-state index >= 15 is 0 Å². The molecule has 0 atom stereocenters. The SMILES string of the molecule is CC(C)(C)c1cc(-c2csc(C3CCN(C(=O)c4csc(-c5ccncc5)n4)CC3)n2)cc(C(C)(C)C)c1O. The Bertz CT molecular complexity index is 1440. The lowest BCUT2D eigenvalue weighted by Gasteiger charge is -2.30. The quantitative estimate of drug-likeness (QED) is 0.277. The van der Waals surface area contributed by atoms with Crippen LogP contribution in [0, 0.1) is 0 Å². The van der Waals surface area contributed by atoms with Crippen molar-refractivity contribution >= 4 is 28.6 Å². The van der Waals surface area contributed by atoms with Crippen LogP contribution in [0.4, 0.5) is 0 Å². The maximum atomic E-state index is 13.2. The maximum Gasteiger partial charge on any atom is 0.273 e. The molecule has 1 aromatic carbocycles. The van der Waals surface area contributed by atoms with Crippen molar-refractivity contribution in [1.29, 1.82) is 0 Å². The van der Waals surface area contributed by atoms with Gasteiger partial charge in [0.2, 0.25) is 0 Å². The van der Waals surface area contributed by atoms with Crippen LogP contribution in [0.1, 0.15) is 86.9 Å². The summed E-state index contributed by atoms with van der Waals surface area (Å²) in [6.45, 7) is 14.2. The zero-order chi connectivity index (χ0) is 27.9. The number of amides is 1. The molecule has 1 fully saturated rings. The van der Waals surface area contributed by atoms with Gasteiger partial charge in [0.1, 0.15) is 16.5 Å². The van der Waals surface area contributed by atoms with Gasteiger partial charge in [-0.15, -0.1) is 22.7 Å². The second kappa shape index (κ2) is 10.5. The summed E-state index contributed by atoms with van der Waals surface area (Å²) in [5, 5.41) is 17.0. The number of carbonyl (C=O) groups excluding carboxylic acids is 1. The summed E-state index contributed by atoms with van der Waals surface area (Å²) in [7, 11) is 0. The predicted molar refractivity (Wildman–Crippen MR) is 160 cm³/mol. The Hall–Kier alpha value is -3.10. The van der Waals surface area contributed by atoms with E-state index in [1.165, 1.54) is 11.3 Å². The molecule has 3 aromatic heterocycles. The molecule has 6 nitrogen and oxygen atoms in total. The molecule has 1 aliphatic heterocycles. The van der Waals surface area contributed by atoms with Crippen LogP contribution in [0.15, 0.2) is 47.4 Å². The fraction of sp³-hybridized carbons (Fsp3) is 0.419. The molecular weight excluding hydrogens is 525 g/mol. The zero-order valence-corrected chi connectivity index (χ0v) is 25.1. The predicted octanol–water partition coefficient (Wildman–Crippen LogP) is 7.65. The van der Waals surface area contributed by atoms with E-state index in [0.717, 1.165) is 50.8 Å². The molecule has 204 valence electrons. The summed E-state index contributed by atoms with van der Waals surface area (Å²) in [6, 6.07) is 8.01. The van der Waals surface area contributed by atoms with Crippen LogP contribution >= 0.6 is 22.7 Å². The lowest BCUT2D eigenvalue weighted by molar-refractivity contribution is 0.0708. The number of hydrogen-bond acceptors (Lipinski definition) is 7. The topological polar surface area (TPSA) is 79.2 Å². The molecule has 1 amide bonds. The van der Waals surface area contributed by atoms with Gasteiger partial charge in [-0.1, -0.05) is 41.5 Å². The lowest BCUT2D eigenvalue weighted by Crippen LogP contribution is -2.38. The Morgan fingerprint density at radius 1 is 0.897 bits per heavy atom. The van der Waals surface area contributed by atoms with Gasteiger partial charge < -0.3 is 10.0 Å². The number of phenolic OH excluding ortho intramolecular Hbond substituents is 1. The fourth-order valence-corrected chi connectivity index (χ4v) is 6.82. The van der Waals surface area contributed by atoms with E-state index in [4.69, 9.17) is 4.98 Å². The molecule has 1 saturated heterocycles. The van der Waals surface area contributed by atoms with Gasteiger partial charge >= 0.3 is 0 Å². The van der Waals surface area contributed by atoms with E-state index in [-0.39, 0.29) is 16.7 Å². The third-order valence-corrected chi connectivity index (χ3v) is 9.22. The van der Waals surface area contributed by atoms with Gasteiger partial charge in [0, 0.05) is 64.4 Å². The monoisotopic (exact) mass is 560 g/mol. The summed E-state index contributed by atoms with van der Waals surface area (Å²) in [4.78, 5) is 28.8. The minimum Gasteiger partial charge on any atom is -0.507 e. The molecule has 4 aromatic rings. The number of aromatic hydroxyl groups is 1. The Balaban J connectivity index is 1.30. The van der Waals surface area contributed by atoms with Gasteiger partial charge in [-0.3, -0.25) is 9.78 Å². The minimum absolute atomic E-state index is 0.00153. The Labute approximate surface area is 238 Å². The molecular formula is C31H36N4O2S2. The second-order valence-electron chi connectivity index (χ2n) is 12.3. The Kier molecular flexibility index (Phi) is 7.37. The average molecular weight is 561 g/mol. The third-order valence-electron chi connectivity index (χ3n) is 7.33. The number of thiazole rings is 2. The van der Waals surface area contributed by atoms with Gasteiger partial charge in [-0.05, 0) is 47.9 Å². The van der Waals surface area contributed by atoms with E-state index in [1.807, 2.05) is 22.4 Å². The highest BCUT2D eigenvalue weighted by atomic mass is 32.1.